The summed E-state index contributed by atoms with van der Waals surface area (Å²) in [7, 11) is 0. The van der Waals surface area contributed by atoms with Crippen LogP contribution in [0.4, 0.5) is 0 Å². The summed E-state index contributed by atoms with van der Waals surface area (Å²) in [4.78, 5) is 15.7. The zero-order valence-corrected chi connectivity index (χ0v) is 14.7. The summed E-state index contributed by atoms with van der Waals surface area (Å²) in [5.74, 6) is 0.759. The minimum atomic E-state index is -0.936. The van der Waals surface area contributed by atoms with Crippen LogP contribution in [0.2, 0.25) is 0 Å². The molecule has 2 aromatic heterocycles. The molecule has 0 unspecified atom stereocenters. The predicted molar refractivity (Wildman–Crippen MR) is 90.5 cm³/mol. The molecule has 0 fully saturated rings. The van der Waals surface area contributed by atoms with Crippen LogP contribution in [-0.4, -0.2) is 54.4 Å². The van der Waals surface area contributed by atoms with E-state index in [1.165, 1.54) is 0 Å². The number of aromatic amines is 1. The average molecular weight is 350 g/mol. The fourth-order valence-corrected chi connectivity index (χ4v) is 3.80. The molecule has 0 saturated carbocycles. The third-order valence-electron chi connectivity index (χ3n) is 4.19. The van der Waals surface area contributed by atoms with Gasteiger partial charge in [-0.3, -0.25) is 9.78 Å². The molecule has 0 radical (unpaired) electrons. The summed E-state index contributed by atoms with van der Waals surface area (Å²) >= 11 is 1.60. The van der Waals surface area contributed by atoms with Gasteiger partial charge in [-0.15, -0.1) is 5.10 Å². The van der Waals surface area contributed by atoms with E-state index in [1.54, 1.807) is 11.8 Å². The summed E-state index contributed by atoms with van der Waals surface area (Å²) in [5, 5.41) is 24.8. The number of H-pyrrole nitrogens is 1. The van der Waals surface area contributed by atoms with E-state index in [1.807, 2.05) is 18.5 Å². The van der Waals surface area contributed by atoms with E-state index in [0.29, 0.717) is 12.6 Å². The Bertz CT molecular complexity index is 726. The lowest BCUT2D eigenvalue weighted by atomic mass is 9.91. The van der Waals surface area contributed by atoms with Crippen LogP contribution >= 0.6 is 11.8 Å². The van der Waals surface area contributed by atoms with Gasteiger partial charge in [0.2, 0.25) is 5.16 Å². The summed E-state index contributed by atoms with van der Waals surface area (Å²) < 4.78 is 1.83. The zero-order valence-electron chi connectivity index (χ0n) is 13.9. The van der Waals surface area contributed by atoms with E-state index in [0.717, 1.165) is 53.8 Å². The van der Waals surface area contributed by atoms with E-state index in [-0.39, 0.29) is 5.69 Å². The highest BCUT2D eigenvalue weighted by Crippen LogP contribution is 2.25. The fraction of sp³-hybridized carbons (Fsp3) is 0.600. The Morgan fingerprint density at radius 3 is 3.04 bits per heavy atom. The van der Waals surface area contributed by atoms with Crippen molar-refractivity contribution in [3.05, 3.63) is 22.8 Å². The molecule has 1 aliphatic rings. The van der Waals surface area contributed by atoms with Crippen molar-refractivity contribution in [3.63, 3.8) is 0 Å². The molecule has 2 aromatic rings. The molecular weight excluding hydrogens is 328 g/mol. The number of thioether (sulfide) groups is 1. The van der Waals surface area contributed by atoms with E-state index < -0.39 is 5.97 Å². The normalized spacial score (nSPS) is 17.0. The van der Waals surface area contributed by atoms with Gasteiger partial charge in [0.05, 0.1) is 0 Å². The highest BCUT2D eigenvalue weighted by molar-refractivity contribution is 7.99. The van der Waals surface area contributed by atoms with Gasteiger partial charge in [-0.1, -0.05) is 11.8 Å². The molecule has 8 nitrogen and oxygen atoms in total. The molecule has 2 heterocycles. The Labute approximate surface area is 144 Å². The van der Waals surface area contributed by atoms with Crippen LogP contribution < -0.4 is 5.32 Å². The first-order valence-electron chi connectivity index (χ1n) is 8.15. The molecule has 9 heteroatoms. The topological polar surface area (TPSA) is 109 Å². The lowest BCUT2D eigenvalue weighted by molar-refractivity contribution is 0.0688. The van der Waals surface area contributed by atoms with Gasteiger partial charge in [-0.25, -0.2) is 9.78 Å². The Kier molecular flexibility index (Phi) is 5.20. The molecule has 3 N–H and O–H groups in total. The van der Waals surface area contributed by atoms with E-state index in [4.69, 9.17) is 0 Å². The Morgan fingerprint density at radius 1 is 1.54 bits per heavy atom. The van der Waals surface area contributed by atoms with Gasteiger partial charge in [0.15, 0.2) is 5.69 Å². The smallest absolute Gasteiger partial charge is 0.356 e. The lowest BCUT2D eigenvalue weighted by Gasteiger charge is -2.24. The van der Waals surface area contributed by atoms with E-state index in [2.05, 4.69) is 25.6 Å². The van der Waals surface area contributed by atoms with Gasteiger partial charge in [-0.05, 0) is 33.1 Å². The van der Waals surface area contributed by atoms with Gasteiger partial charge in [0.1, 0.15) is 5.82 Å². The first-order valence-corrected chi connectivity index (χ1v) is 9.14. The van der Waals surface area contributed by atoms with Gasteiger partial charge >= 0.3 is 5.97 Å². The van der Waals surface area contributed by atoms with Crippen molar-refractivity contribution in [2.24, 2.45) is 0 Å². The van der Waals surface area contributed by atoms with Crippen molar-refractivity contribution in [3.8, 4) is 0 Å². The van der Waals surface area contributed by atoms with E-state index >= 15 is 0 Å². The number of carbonyl (C=O) groups is 1. The monoisotopic (exact) mass is 350 g/mol. The van der Waals surface area contributed by atoms with Crippen molar-refractivity contribution in [1.82, 2.24) is 30.3 Å². The number of fused-ring (bicyclic) bond motifs is 1. The number of hydrogen-bond donors (Lipinski definition) is 3. The summed E-state index contributed by atoms with van der Waals surface area (Å²) in [6.45, 7) is 5.42. The average Bonchev–Trinajstić information content (AvgIpc) is 3.14. The number of hydrogen-bond acceptors (Lipinski definition) is 6. The second-order valence-electron chi connectivity index (χ2n) is 5.84. The third kappa shape index (κ3) is 3.62. The molecule has 0 amide bonds. The SMILES string of the molecule is CCn1nc(C(=O)O)c2c1CC[C@H](NCCSc1n[nH]c(C)n1)C2. The lowest BCUT2D eigenvalue weighted by Crippen LogP contribution is -2.36. The van der Waals surface area contributed by atoms with Crippen molar-refractivity contribution in [1.29, 1.82) is 0 Å². The first kappa shape index (κ1) is 17.0. The molecule has 0 bridgehead atoms. The van der Waals surface area contributed by atoms with Crippen LogP contribution in [0, 0.1) is 6.92 Å². The Balaban J connectivity index is 1.55. The summed E-state index contributed by atoms with van der Waals surface area (Å²) in [6, 6.07) is 0.291. The predicted octanol–water partition coefficient (Wildman–Crippen LogP) is 1.27. The quantitative estimate of drug-likeness (QED) is 0.509. The maximum Gasteiger partial charge on any atom is 0.356 e. The second-order valence-corrected chi connectivity index (χ2v) is 6.90. The second kappa shape index (κ2) is 7.35. The minimum Gasteiger partial charge on any atom is -0.476 e. The molecule has 0 aliphatic heterocycles. The van der Waals surface area contributed by atoms with Gasteiger partial charge < -0.3 is 10.4 Å². The molecule has 1 atom stereocenters. The molecular formula is C15H22N6O2S. The van der Waals surface area contributed by atoms with Crippen molar-refractivity contribution in [2.75, 3.05) is 12.3 Å². The third-order valence-corrected chi connectivity index (χ3v) is 5.04. The van der Waals surface area contributed by atoms with Gasteiger partial charge in [-0.2, -0.15) is 5.10 Å². The molecule has 0 spiro atoms. The molecule has 24 heavy (non-hydrogen) atoms. The number of aromatic nitrogens is 5. The maximum atomic E-state index is 11.4. The number of aromatic carboxylic acids is 1. The van der Waals surface area contributed by atoms with Crippen LogP contribution in [0.5, 0.6) is 0 Å². The summed E-state index contributed by atoms with van der Waals surface area (Å²) in [6.07, 6.45) is 2.60. The molecule has 0 aromatic carbocycles. The highest BCUT2D eigenvalue weighted by Gasteiger charge is 2.28. The Hall–Kier alpha value is -1.87. The molecule has 1 aliphatic carbocycles. The number of rotatable bonds is 7. The van der Waals surface area contributed by atoms with Crippen LogP contribution in [-0.2, 0) is 19.4 Å². The van der Waals surface area contributed by atoms with Crippen LogP contribution in [0.25, 0.3) is 0 Å². The number of aryl methyl sites for hydroxylation is 2. The van der Waals surface area contributed by atoms with Crippen molar-refractivity contribution >= 4 is 17.7 Å². The van der Waals surface area contributed by atoms with Crippen molar-refractivity contribution < 1.29 is 9.90 Å². The number of nitrogens with zero attached hydrogens (tertiary/aromatic N) is 4. The highest BCUT2D eigenvalue weighted by atomic mass is 32.2. The van der Waals surface area contributed by atoms with Crippen molar-refractivity contribution in [2.45, 2.75) is 50.9 Å². The molecule has 0 saturated heterocycles. The zero-order chi connectivity index (χ0) is 17.1. The van der Waals surface area contributed by atoms with Gasteiger partial charge in [0.25, 0.3) is 0 Å². The van der Waals surface area contributed by atoms with Crippen LogP contribution in [0.3, 0.4) is 0 Å². The van der Waals surface area contributed by atoms with Crippen LogP contribution in [0.1, 0.15) is 40.9 Å². The van der Waals surface area contributed by atoms with Gasteiger partial charge in [0, 0.05) is 36.1 Å². The Morgan fingerprint density at radius 2 is 2.38 bits per heavy atom. The number of carboxylic acid groups (broad SMARTS) is 1. The largest absolute Gasteiger partial charge is 0.476 e. The molecule has 130 valence electrons. The number of nitrogens with one attached hydrogen (secondary N) is 2. The first-order chi connectivity index (χ1) is 11.6. The minimum absolute atomic E-state index is 0.212. The fourth-order valence-electron chi connectivity index (χ4n) is 3.09. The summed E-state index contributed by atoms with van der Waals surface area (Å²) in [5.41, 5.74) is 2.19. The number of carboxylic acids is 1. The standard InChI is InChI=1S/C15H22N6O2S/c1-3-21-12-5-4-10(8-11(12)13(20-21)14(22)23)16-6-7-24-15-17-9(2)18-19-15/h10,16H,3-8H2,1-2H3,(H,22,23)(H,17,18,19)/t10-/m0/s1. The molecule has 3 rings (SSSR count). The van der Waals surface area contributed by atoms with Crippen LogP contribution in [0.15, 0.2) is 5.16 Å². The van der Waals surface area contributed by atoms with E-state index in [9.17, 15) is 9.90 Å². The maximum absolute atomic E-state index is 11.4.